The SMILES string of the molecule is CC(Oc1cccc(Cl)c1)n1cnnc1. The van der Waals surface area contributed by atoms with Crippen LogP contribution in [0.1, 0.15) is 13.2 Å². The maximum absolute atomic E-state index is 5.84. The Balaban J connectivity index is 2.09. The van der Waals surface area contributed by atoms with Gasteiger partial charge in [0.1, 0.15) is 18.4 Å². The zero-order valence-electron chi connectivity index (χ0n) is 8.17. The molecule has 0 amide bonds. The molecule has 2 aromatic rings. The van der Waals surface area contributed by atoms with Crippen molar-refractivity contribution in [2.45, 2.75) is 13.2 Å². The van der Waals surface area contributed by atoms with Gasteiger partial charge in [-0.1, -0.05) is 17.7 Å². The van der Waals surface area contributed by atoms with Crippen LogP contribution >= 0.6 is 11.6 Å². The van der Waals surface area contributed by atoms with Crippen LogP contribution in [0.15, 0.2) is 36.9 Å². The van der Waals surface area contributed by atoms with Crippen molar-refractivity contribution < 1.29 is 4.74 Å². The fraction of sp³-hybridized carbons (Fsp3) is 0.200. The number of hydrogen-bond acceptors (Lipinski definition) is 3. The average molecular weight is 224 g/mol. The molecule has 0 fully saturated rings. The van der Waals surface area contributed by atoms with E-state index in [9.17, 15) is 0 Å². The molecule has 0 N–H and O–H groups in total. The van der Waals surface area contributed by atoms with E-state index in [-0.39, 0.29) is 6.23 Å². The monoisotopic (exact) mass is 223 g/mol. The Labute approximate surface area is 92.5 Å². The number of ether oxygens (including phenoxy) is 1. The van der Waals surface area contributed by atoms with Crippen molar-refractivity contribution >= 4 is 11.6 Å². The third-order valence-corrected chi connectivity index (χ3v) is 2.19. The van der Waals surface area contributed by atoms with E-state index in [2.05, 4.69) is 10.2 Å². The summed E-state index contributed by atoms with van der Waals surface area (Å²) in [6.07, 6.45) is 3.06. The van der Waals surface area contributed by atoms with Crippen LogP contribution in [0.2, 0.25) is 5.02 Å². The molecular formula is C10H10ClN3O. The molecule has 0 aliphatic rings. The summed E-state index contributed by atoms with van der Waals surface area (Å²) >= 11 is 5.84. The summed E-state index contributed by atoms with van der Waals surface area (Å²) in [7, 11) is 0. The normalized spacial score (nSPS) is 12.4. The minimum atomic E-state index is -0.154. The van der Waals surface area contributed by atoms with Gasteiger partial charge in [-0.3, -0.25) is 4.57 Å². The first-order valence-corrected chi connectivity index (χ1v) is 4.90. The summed E-state index contributed by atoms with van der Waals surface area (Å²) < 4.78 is 7.40. The van der Waals surface area contributed by atoms with Crippen molar-refractivity contribution in [1.82, 2.24) is 14.8 Å². The van der Waals surface area contributed by atoms with Gasteiger partial charge in [-0.25, -0.2) is 0 Å². The minimum absolute atomic E-state index is 0.154. The van der Waals surface area contributed by atoms with E-state index in [0.29, 0.717) is 5.02 Å². The van der Waals surface area contributed by atoms with Crippen LogP contribution in [0.5, 0.6) is 5.75 Å². The van der Waals surface area contributed by atoms with E-state index in [1.54, 1.807) is 29.4 Å². The summed E-state index contributed by atoms with van der Waals surface area (Å²) in [6.45, 7) is 1.91. The van der Waals surface area contributed by atoms with E-state index < -0.39 is 0 Å². The van der Waals surface area contributed by atoms with E-state index in [0.717, 1.165) is 5.75 Å². The van der Waals surface area contributed by atoms with Gasteiger partial charge in [0.05, 0.1) is 0 Å². The quantitative estimate of drug-likeness (QED) is 0.803. The van der Waals surface area contributed by atoms with Gasteiger partial charge >= 0.3 is 0 Å². The molecule has 0 spiro atoms. The molecular weight excluding hydrogens is 214 g/mol. The number of benzene rings is 1. The predicted octanol–water partition coefficient (Wildman–Crippen LogP) is 2.53. The maximum Gasteiger partial charge on any atom is 0.175 e. The third-order valence-electron chi connectivity index (χ3n) is 1.96. The van der Waals surface area contributed by atoms with E-state index >= 15 is 0 Å². The smallest absolute Gasteiger partial charge is 0.175 e. The fourth-order valence-corrected chi connectivity index (χ4v) is 1.37. The Morgan fingerprint density at radius 2 is 2.07 bits per heavy atom. The summed E-state index contributed by atoms with van der Waals surface area (Å²) in [5, 5.41) is 8.07. The van der Waals surface area contributed by atoms with Crippen LogP contribution in [-0.4, -0.2) is 14.8 Å². The summed E-state index contributed by atoms with van der Waals surface area (Å²) in [6, 6.07) is 7.27. The lowest BCUT2D eigenvalue weighted by atomic mass is 10.3. The molecule has 2 rings (SSSR count). The van der Waals surface area contributed by atoms with E-state index in [1.807, 2.05) is 19.1 Å². The number of nitrogens with zero attached hydrogens (tertiary/aromatic N) is 3. The van der Waals surface area contributed by atoms with Crippen LogP contribution in [0.4, 0.5) is 0 Å². The highest BCUT2D eigenvalue weighted by Gasteiger charge is 2.05. The Hall–Kier alpha value is -1.55. The second kappa shape index (κ2) is 4.31. The highest BCUT2D eigenvalue weighted by Crippen LogP contribution is 2.20. The van der Waals surface area contributed by atoms with E-state index in [1.165, 1.54) is 0 Å². The summed E-state index contributed by atoms with van der Waals surface area (Å²) in [4.78, 5) is 0. The Morgan fingerprint density at radius 1 is 1.33 bits per heavy atom. The van der Waals surface area contributed by atoms with Crippen molar-refractivity contribution in [3.05, 3.63) is 41.9 Å². The largest absolute Gasteiger partial charge is 0.470 e. The van der Waals surface area contributed by atoms with Crippen LogP contribution in [0.3, 0.4) is 0 Å². The first kappa shape index (κ1) is 9.98. The topological polar surface area (TPSA) is 39.9 Å². The third kappa shape index (κ3) is 2.47. The molecule has 0 radical (unpaired) electrons. The highest BCUT2D eigenvalue weighted by atomic mass is 35.5. The molecule has 1 atom stereocenters. The molecule has 0 bridgehead atoms. The van der Waals surface area contributed by atoms with Crippen LogP contribution in [0, 0.1) is 0 Å². The summed E-state index contributed by atoms with van der Waals surface area (Å²) in [5.74, 6) is 0.726. The van der Waals surface area contributed by atoms with Crippen molar-refractivity contribution in [2.24, 2.45) is 0 Å². The molecule has 1 unspecified atom stereocenters. The molecule has 0 aliphatic heterocycles. The molecule has 5 heteroatoms. The van der Waals surface area contributed by atoms with Gasteiger partial charge < -0.3 is 4.74 Å². The zero-order valence-corrected chi connectivity index (χ0v) is 8.93. The van der Waals surface area contributed by atoms with Gasteiger partial charge in [-0.2, -0.15) is 0 Å². The lowest BCUT2D eigenvalue weighted by Gasteiger charge is -2.14. The molecule has 1 aromatic carbocycles. The maximum atomic E-state index is 5.84. The Morgan fingerprint density at radius 3 is 2.73 bits per heavy atom. The van der Waals surface area contributed by atoms with Gasteiger partial charge in [0.2, 0.25) is 0 Å². The molecule has 1 aromatic heterocycles. The molecule has 0 aliphatic carbocycles. The lowest BCUT2D eigenvalue weighted by Crippen LogP contribution is -2.10. The zero-order chi connectivity index (χ0) is 10.7. The van der Waals surface area contributed by atoms with Crippen LogP contribution in [-0.2, 0) is 0 Å². The van der Waals surface area contributed by atoms with Gasteiger partial charge in [-0.15, -0.1) is 10.2 Å². The Bertz CT molecular complexity index is 430. The van der Waals surface area contributed by atoms with Crippen LogP contribution < -0.4 is 4.74 Å². The van der Waals surface area contributed by atoms with Crippen molar-refractivity contribution in [2.75, 3.05) is 0 Å². The predicted molar refractivity (Wildman–Crippen MR) is 56.8 cm³/mol. The van der Waals surface area contributed by atoms with Crippen LogP contribution in [0.25, 0.3) is 0 Å². The molecule has 1 heterocycles. The Kier molecular flexibility index (Phi) is 2.87. The standard InChI is InChI=1S/C10H10ClN3O/c1-8(14-6-12-13-7-14)15-10-4-2-3-9(11)5-10/h2-8H,1H3. The number of halogens is 1. The highest BCUT2D eigenvalue weighted by molar-refractivity contribution is 6.30. The van der Waals surface area contributed by atoms with Gasteiger partial charge in [0.25, 0.3) is 0 Å². The molecule has 78 valence electrons. The minimum Gasteiger partial charge on any atom is -0.470 e. The van der Waals surface area contributed by atoms with E-state index in [4.69, 9.17) is 16.3 Å². The second-order valence-electron chi connectivity index (χ2n) is 3.08. The van der Waals surface area contributed by atoms with Gasteiger partial charge in [0.15, 0.2) is 6.23 Å². The molecule has 0 saturated heterocycles. The van der Waals surface area contributed by atoms with Gasteiger partial charge in [0, 0.05) is 5.02 Å². The second-order valence-corrected chi connectivity index (χ2v) is 3.52. The summed E-state index contributed by atoms with van der Waals surface area (Å²) in [5.41, 5.74) is 0. The van der Waals surface area contributed by atoms with Crippen molar-refractivity contribution in [3.8, 4) is 5.75 Å². The molecule has 0 saturated carbocycles. The van der Waals surface area contributed by atoms with Crippen molar-refractivity contribution in [1.29, 1.82) is 0 Å². The van der Waals surface area contributed by atoms with Gasteiger partial charge in [-0.05, 0) is 25.1 Å². The molecule has 4 nitrogen and oxygen atoms in total. The first-order valence-electron chi connectivity index (χ1n) is 4.52. The molecule has 15 heavy (non-hydrogen) atoms. The number of hydrogen-bond donors (Lipinski definition) is 0. The van der Waals surface area contributed by atoms with Crippen molar-refractivity contribution in [3.63, 3.8) is 0 Å². The lowest BCUT2D eigenvalue weighted by molar-refractivity contribution is 0.152. The number of rotatable bonds is 3. The fourth-order valence-electron chi connectivity index (χ4n) is 1.19. The number of aromatic nitrogens is 3. The first-order chi connectivity index (χ1) is 7.25. The average Bonchev–Trinajstić information content (AvgIpc) is 2.70.